The van der Waals surface area contributed by atoms with Gasteiger partial charge in [0, 0.05) is 30.2 Å². The average molecular weight is 282 g/mol. The Labute approximate surface area is 123 Å². The lowest BCUT2D eigenvalue weighted by molar-refractivity contribution is -0.142. The van der Waals surface area contributed by atoms with Crippen LogP contribution >= 0.6 is 0 Å². The molecule has 0 bridgehead atoms. The minimum absolute atomic E-state index is 0.0678. The molecule has 0 saturated carbocycles. The Bertz CT molecular complexity index is 347. The van der Waals surface area contributed by atoms with Crippen LogP contribution in [-0.4, -0.2) is 46.2 Å². The zero-order chi connectivity index (χ0) is 15.6. The Kier molecular flexibility index (Phi) is 5.39. The van der Waals surface area contributed by atoms with Crippen LogP contribution in [0.25, 0.3) is 0 Å². The number of carbonyl (C=O) groups is 1. The fourth-order valence-corrected chi connectivity index (χ4v) is 3.49. The molecule has 1 heterocycles. The highest BCUT2D eigenvalue weighted by atomic mass is 16.4. The van der Waals surface area contributed by atoms with Crippen LogP contribution in [0.15, 0.2) is 12.7 Å². The van der Waals surface area contributed by atoms with Crippen molar-refractivity contribution in [3.63, 3.8) is 0 Å². The van der Waals surface area contributed by atoms with E-state index in [0.29, 0.717) is 12.6 Å². The van der Waals surface area contributed by atoms with Crippen molar-refractivity contribution in [2.75, 3.05) is 13.1 Å². The molecule has 2 N–H and O–H groups in total. The number of nitrogens with one attached hydrogen (secondary N) is 1. The fraction of sp³-hybridized carbons (Fsp3) is 0.812. The summed E-state index contributed by atoms with van der Waals surface area (Å²) in [5.41, 5.74) is 0.136. The van der Waals surface area contributed by atoms with Gasteiger partial charge in [0.1, 0.15) is 0 Å². The SMILES string of the molecule is C=CCN(CC(C)C(=O)O)C1CC(C)(C)NC(C)(C)C1. The second-order valence-corrected chi connectivity index (χ2v) is 7.44. The van der Waals surface area contributed by atoms with Crippen molar-refractivity contribution in [3.8, 4) is 0 Å². The van der Waals surface area contributed by atoms with Crippen LogP contribution in [-0.2, 0) is 4.79 Å². The number of hydrogen-bond acceptors (Lipinski definition) is 3. The van der Waals surface area contributed by atoms with Gasteiger partial charge in [-0.15, -0.1) is 6.58 Å². The number of carboxylic acid groups (broad SMARTS) is 1. The van der Waals surface area contributed by atoms with E-state index in [1.54, 1.807) is 6.92 Å². The molecule has 1 fully saturated rings. The largest absolute Gasteiger partial charge is 0.481 e. The van der Waals surface area contributed by atoms with Crippen LogP contribution in [0.2, 0.25) is 0 Å². The van der Waals surface area contributed by atoms with E-state index in [0.717, 1.165) is 19.4 Å². The van der Waals surface area contributed by atoms with Gasteiger partial charge in [-0.1, -0.05) is 13.0 Å². The quantitative estimate of drug-likeness (QED) is 0.735. The molecule has 0 aromatic heterocycles. The second kappa shape index (κ2) is 6.27. The van der Waals surface area contributed by atoms with E-state index in [4.69, 9.17) is 5.11 Å². The molecule has 1 unspecified atom stereocenters. The summed E-state index contributed by atoms with van der Waals surface area (Å²) in [6.07, 6.45) is 3.92. The van der Waals surface area contributed by atoms with Crippen LogP contribution in [0.1, 0.15) is 47.5 Å². The van der Waals surface area contributed by atoms with Gasteiger partial charge in [-0.25, -0.2) is 0 Å². The molecule has 1 saturated heterocycles. The highest BCUT2D eigenvalue weighted by molar-refractivity contribution is 5.69. The van der Waals surface area contributed by atoms with E-state index >= 15 is 0 Å². The Balaban J connectivity index is 2.84. The number of carboxylic acids is 1. The summed E-state index contributed by atoms with van der Waals surface area (Å²) >= 11 is 0. The van der Waals surface area contributed by atoms with Crippen LogP contribution < -0.4 is 5.32 Å². The first-order chi connectivity index (χ1) is 9.06. The Morgan fingerprint density at radius 3 is 2.30 bits per heavy atom. The molecule has 4 nitrogen and oxygen atoms in total. The average Bonchev–Trinajstić information content (AvgIpc) is 2.23. The second-order valence-electron chi connectivity index (χ2n) is 7.44. The summed E-state index contributed by atoms with van der Waals surface area (Å²) in [4.78, 5) is 13.4. The van der Waals surface area contributed by atoms with E-state index in [1.165, 1.54) is 0 Å². The first-order valence-electron chi connectivity index (χ1n) is 7.43. The van der Waals surface area contributed by atoms with E-state index in [-0.39, 0.29) is 17.0 Å². The van der Waals surface area contributed by atoms with Crippen LogP contribution in [0.3, 0.4) is 0 Å². The van der Waals surface area contributed by atoms with Crippen molar-refractivity contribution in [1.29, 1.82) is 0 Å². The van der Waals surface area contributed by atoms with Crippen molar-refractivity contribution >= 4 is 5.97 Å². The van der Waals surface area contributed by atoms with Gasteiger partial charge in [-0.3, -0.25) is 9.69 Å². The zero-order valence-electron chi connectivity index (χ0n) is 13.6. The monoisotopic (exact) mass is 282 g/mol. The Hall–Kier alpha value is -0.870. The van der Waals surface area contributed by atoms with Crippen molar-refractivity contribution < 1.29 is 9.90 Å². The molecule has 1 rings (SSSR count). The summed E-state index contributed by atoms with van der Waals surface area (Å²) in [6, 6.07) is 0.390. The molecule has 1 aliphatic rings. The molecule has 0 aromatic carbocycles. The number of piperidine rings is 1. The molecule has 1 atom stereocenters. The summed E-state index contributed by atoms with van der Waals surface area (Å²) in [7, 11) is 0. The highest BCUT2D eigenvalue weighted by Gasteiger charge is 2.40. The van der Waals surface area contributed by atoms with Gasteiger partial charge in [0.2, 0.25) is 0 Å². The Morgan fingerprint density at radius 2 is 1.90 bits per heavy atom. The maximum Gasteiger partial charge on any atom is 0.307 e. The molecule has 0 amide bonds. The third-order valence-electron chi connectivity index (χ3n) is 3.98. The first-order valence-corrected chi connectivity index (χ1v) is 7.43. The predicted molar refractivity (Wildman–Crippen MR) is 82.9 cm³/mol. The molecule has 0 spiro atoms. The van der Waals surface area contributed by atoms with E-state index in [1.807, 2.05) is 6.08 Å². The summed E-state index contributed by atoms with van der Waals surface area (Å²) in [5, 5.41) is 12.8. The number of nitrogens with zero attached hydrogens (tertiary/aromatic N) is 1. The predicted octanol–water partition coefficient (Wildman–Crippen LogP) is 2.50. The lowest BCUT2D eigenvalue weighted by Crippen LogP contribution is -2.62. The molecular formula is C16H30N2O2. The fourth-order valence-electron chi connectivity index (χ4n) is 3.49. The van der Waals surface area contributed by atoms with Gasteiger partial charge < -0.3 is 10.4 Å². The topological polar surface area (TPSA) is 52.6 Å². The lowest BCUT2D eigenvalue weighted by atomic mass is 9.79. The van der Waals surface area contributed by atoms with Gasteiger partial charge in [0.05, 0.1) is 5.92 Å². The number of rotatable bonds is 6. The molecule has 4 heteroatoms. The van der Waals surface area contributed by atoms with E-state index in [2.05, 4.69) is 44.5 Å². The molecule has 0 radical (unpaired) electrons. The number of aliphatic carboxylic acids is 1. The standard InChI is InChI=1S/C16H30N2O2/c1-7-8-18(11-12(2)14(19)20)13-9-15(3,4)17-16(5,6)10-13/h7,12-13,17H,1,8-11H2,2-6H3,(H,19,20). The molecule has 1 aliphatic heterocycles. The smallest absolute Gasteiger partial charge is 0.307 e. The van der Waals surface area contributed by atoms with E-state index in [9.17, 15) is 4.79 Å². The van der Waals surface area contributed by atoms with Crippen molar-refractivity contribution in [2.24, 2.45) is 5.92 Å². The number of hydrogen-bond donors (Lipinski definition) is 2. The van der Waals surface area contributed by atoms with Gasteiger partial charge in [0.25, 0.3) is 0 Å². The normalized spacial score (nSPS) is 23.5. The van der Waals surface area contributed by atoms with Crippen LogP contribution in [0.5, 0.6) is 0 Å². The molecule has 0 aromatic rings. The lowest BCUT2D eigenvalue weighted by Gasteiger charge is -2.49. The minimum atomic E-state index is -0.730. The van der Waals surface area contributed by atoms with Gasteiger partial charge in [0.15, 0.2) is 0 Å². The first kappa shape index (κ1) is 17.2. The van der Waals surface area contributed by atoms with Crippen LogP contribution in [0, 0.1) is 5.92 Å². The zero-order valence-corrected chi connectivity index (χ0v) is 13.6. The van der Waals surface area contributed by atoms with Gasteiger partial charge >= 0.3 is 5.97 Å². The summed E-state index contributed by atoms with van der Waals surface area (Å²) < 4.78 is 0. The Morgan fingerprint density at radius 1 is 1.40 bits per heavy atom. The molecule has 20 heavy (non-hydrogen) atoms. The summed E-state index contributed by atoms with van der Waals surface area (Å²) in [6.45, 7) is 15.8. The van der Waals surface area contributed by atoms with Crippen molar-refractivity contribution in [2.45, 2.75) is 64.6 Å². The summed E-state index contributed by atoms with van der Waals surface area (Å²) in [5.74, 6) is -1.08. The third kappa shape index (κ3) is 4.91. The minimum Gasteiger partial charge on any atom is -0.481 e. The maximum atomic E-state index is 11.1. The maximum absolute atomic E-state index is 11.1. The van der Waals surface area contributed by atoms with Crippen LogP contribution in [0.4, 0.5) is 0 Å². The van der Waals surface area contributed by atoms with Crippen molar-refractivity contribution in [1.82, 2.24) is 10.2 Å². The molecule has 116 valence electrons. The van der Waals surface area contributed by atoms with E-state index < -0.39 is 5.97 Å². The highest BCUT2D eigenvalue weighted by Crippen LogP contribution is 2.31. The van der Waals surface area contributed by atoms with Gasteiger partial charge in [-0.2, -0.15) is 0 Å². The third-order valence-corrected chi connectivity index (χ3v) is 3.98. The van der Waals surface area contributed by atoms with Gasteiger partial charge in [-0.05, 0) is 40.5 Å². The molecular weight excluding hydrogens is 252 g/mol. The molecule has 0 aliphatic carbocycles. The van der Waals surface area contributed by atoms with Crippen molar-refractivity contribution in [3.05, 3.63) is 12.7 Å².